The summed E-state index contributed by atoms with van der Waals surface area (Å²) in [5, 5.41) is 4.14. The van der Waals surface area contributed by atoms with Gasteiger partial charge in [-0.05, 0) is 55.2 Å². The molecule has 1 saturated carbocycles. The lowest BCUT2D eigenvalue weighted by Gasteiger charge is -2.30. The normalized spacial score (nSPS) is 14.9. The molecule has 1 N–H and O–H groups in total. The van der Waals surface area contributed by atoms with Crippen molar-refractivity contribution in [3.8, 4) is 0 Å². The largest absolute Gasteiger partial charge is 0.352 e. The van der Waals surface area contributed by atoms with Gasteiger partial charge in [0.25, 0.3) is 0 Å². The smallest absolute Gasteiger partial charge is 0.242 e. The summed E-state index contributed by atoms with van der Waals surface area (Å²) in [5.74, 6) is 0.792. The van der Waals surface area contributed by atoms with Gasteiger partial charge in [-0.2, -0.15) is 0 Å². The van der Waals surface area contributed by atoms with Gasteiger partial charge in [0, 0.05) is 32.9 Å². The zero-order valence-corrected chi connectivity index (χ0v) is 21.9. The maximum Gasteiger partial charge on any atom is 0.242 e. The van der Waals surface area contributed by atoms with Crippen molar-refractivity contribution in [3.63, 3.8) is 0 Å². The third-order valence-corrected chi connectivity index (χ3v) is 7.74. The lowest BCUT2D eigenvalue weighted by molar-refractivity contribution is -0.138. The minimum absolute atomic E-state index is 0.0906. The van der Waals surface area contributed by atoms with Gasteiger partial charge in [0.1, 0.15) is 6.04 Å². The highest BCUT2D eigenvalue weighted by Gasteiger charge is 2.28. The monoisotopic (exact) mass is 556 g/mol. The molecule has 0 bridgehead atoms. The summed E-state index contributed by atoms with van der Waals surface area (Å²) >= 11 is 17.4. The molecule has 32 heavy (non-hydrogen) atoms. The standard InChI is InChI=1S/C24H27BrCl2N2O2S/c1-16(24(31)28-21-4-2-3-5-21)29(13-18-8-11-20(26)12-22(18)27)23(30)15-32-14-17-6-9-19(25)10-7-17/h6-12,16,21H,2-5,13-15H2,1H3,(H,28,31)/t16-/m1/s1. The summed E-state index contributed by atoms with van der Waals surface area (Å²) in [5.41, 5.74) is 1.91. The Kier molecular flexibility index (Phi) is 9.77. The molecule has 0 saturated heterocycles. The first kappa shape index (κ1) is 25.4. The molecule has 3 rings (SSSR count). The van der Waals surface area contributed by atoms with Gasteiger partial charge in [-0.1, -0.05) is 70.2 Å². The fraction of sp³-hybridized carbons (Fsp3) is 0.417. The Hall–Kier alpha value is -1.21. The Morgan fingerprint density at radius 3 is 2.50 bits per heavy atom. The zero-order chi connectivity index (χ0) is 23.1. The van der Waals surface area contributed by atoms with E-state index in [2.05, 4.69) is 21.2 Å². The van der Waals surface area contributed by atoms with Gasteiger partial charge >= 0.3 is 0 Å². The summed E-state index contributed by atoms with van der Waals surface area (Å²) < 4.78 is 1.02. The zero-order valence-electron chi connectivity index (χ0n) is 18.0. The summed E-state index contributed by atoms with van der Waals surface area (Å²) in [6.07, 6.45) is 4.26. The average molecular weight is 558 g/mol. The average Bonchev–Trinajstić information content (AvgIpc) is 3.27. The van der Waals surface area contributed by atoms with E-state index < -0.39 is 6.04 Å². The molecule has 2 amide bonds. The lowest BCUT2D eigenvalue weighted by atomic mass is 10.1. The molecule has 0 aromatic heterocycles. The molecule has 0 spiro atoms. The van der Waals surface area contributed by atoms with Gasteiger partial charge in [0.2, 0.25) is 11.8 Å². The van der Waals surface area contributed by atoms with E-state index in [-0.39, 0.29) is 30.2 Å². The SMILES string of the molecule is C[C@H](C(=O)NC1CCCC1)N(Cc1ccc(Cl)cc1Cl)C(=O)CSCc1ccc(Br)cc1. The van der Waals surface area contributed by atoms with Crippen LogP contribution in [0.1, 0.15) is 43.7 Å². The topological polar surface area (TPSA) is 49.4 Å². The quantitative estimate of drug-likeness (QED) is 0.384. The summed E-state index contributed by atoms with van der Waals surface area (Å²) in [4.78, 5) is 27.8. The van der Waals surface area contributed by atoms with E-state index in [0.29, 0.717) is 10.0 Å². The van der Waals surface area contributed by atoms with Gasteiger partial charge in [0.05, 0.1) is 5.75 Å². The molecular formula is C24H27BrCl2N2O2S. The van der Waals surface area contributed by atoms with E-state index in [0.717, 1.165) is 47.0 Å². The predicted octanol–water partition coefficient (Wildman–Crippen LogP) is 6.47. The van der Waals surface area contributed by atoms with Crippen LogP contribution in [0.2, 0.25) is 10.0 Å². The van der Waals surface area contributed by atoms with Crippen molar-refractivity contribution >= 4 is 62.7 Å². The van der Waals surface area contributed by atoms with Gasteiger partial charge in [0.15, 0.2) is 0 Å². The van der Waals surface area contributed by atoms with E-state index >= 15 is 0 Å². The van der Waals surface area contributed by atoms with Crippen molar-refractivity contribution in [2.75, 3.05) is 5.75 Å². The van der Waals surface area contributed by atoms with Crippen molar-refractivity contribution < 1.29 is 9.59 Å². The first-order chi connectivity index (χ1) is 15.3. The molecule has 0 unspecified atom stereocenters. The number of amides is 2. The molecule has 1 aliphatic rings. The van der Waals surface area contributed by atoms with Crippen LogP contribution in [0.3, 0.4) is 0 Å². The van der Waals surface area contributed by atoms with E-state index in [1.54, 1.807) is 24.0 Å². The molecule has 4 nitrogen and oxygen atoms in total. The molecular weight excluding hydrogens is 531 g/mol. The Morgan fingerprint density at radius 1 is 1.16 bits per heavy atom. The number of hydrogen-bond acceptors (Lipinski definition) is 3. The Balaban J connectivity index is 1.68. The fourth-order valence-corrected chi connectivity index (χ4v) is 5.33. The molecule has 1 fully saturated rings. The van der Waals surface area contributed by atoms with Crippen LogP contribution >= 0.6 is 50.9 Å². The van der Waals surface area contributed by atoms with E-state index in [9.17, 15) is 9.59 Å². The number of halogens is 3. The molecule has 1 atom stereocenters. The van der Waals surface area contributed by atoms with Gasteiger partial charge in [-0.15, -0.1) is 11.8 Å². The third-order valence-electron chi connectivity index (χ3n) is 5.63. The number of hydrogen-bond donors (Lipinski definition) is 1. The first-order valence-corrected chi connectivity index (χ1v) is 13.4. The highest BCUT2D eigenvalue weighted by Crippen LogP contribution is 2.25. The molecule has 0 aliphatic heterocycles. The van der Waals surface area contributed by atoms with E-state index in [4.69, 9.17) is 23.2 Å². The maximum atomic E-state index is 13.2. The lowest BCUT2D eigenvalue weighted by Crippen LogP contribution is -2.50. The second kappa shape index (κ2) is 12.3. The van der Waals surface area contributed by atoms with Crippen LogP contribution < -0.4 is 5.32 Å². The van der Waals surface area contributed by atoms with E-state index in [1.807, 2.05) is 30.3 Å². The first-order valence-electron chi connectivity index (χ1n) is 10.7. The molecule has 1 aliphatic carbocycles. The van der Waals surface area contributed by atoms with Crippen LogP contribution in [-0.4, -0.2) is 34.6 Å². The Labute approximate surface area is 212 Å². The molecule has 172 valence electrons. The van der Waals surface area contributed by atoms with Crippen molar-refractivity contribution in [2.24, 2.45) is 0 Å². The fourth-order valence-electron chi connectivity index (χ4n) is 3.73. The number of rotatable bonds is 9. The number of carbonyl (C=O) groups excluding carboxylic acids is 2. The van der Waals surface area contributed by atoms with Gasteiger partial charge < -0.3 is 10.2 Å². The van der Waals surface area contributed by atoms with Crippen LogP contribution in [-0.2, 0) is 21.9 Å². The predicted molar refractivity (Wildman–Crippen MR) is 137 cm³/mol. The molecule has 2 aromatic carbocycles. The van der Waals surface area contributed by atoms with Crippen LogP contribution in [0.25, 0.3) is 0 Å². The van der Waals surface area contributed by atoms with Crippen LogP contribution in [0.5, 0.6) is 0 Å². The van der Waals surface area contributed by atoms with Crippen LogP contribution in [0.15, 0.2) is 46.9 Å². The van der Waals surface area contributed by atoms with Crippen molar-refractivity contribution in [1.29, 1.82) is 0 Å². The number of thioether (sulfide) groups is 1. The van der Waals surface area contributed by atoms with Crippen molar-refractivity contribution in [2.45, 2.75) is 57.0 Å². The van der Waals surface area contributed by atoms with Crippen LogP contribution in [0, 0.1) is 0 Å². The van der Waals surface area contributed by atoms with Crippen molar-refractivity contribution in [3.05, 3.63) is 68.1 Å². The maximum absolute atomic E-state index is 13.2. The number of nitrogens with zero attached hydrogens (tertiary/aromatic N) is 1. The second-order valence-corrected chi connectivity index (χ2v) is 10.8. The summed E-state index contributed by atoms with van der Waals surface area (Å²) in [7, 11) is 0. The Bertz CT molecular complexity index is 936. The molecule has 2 aromatic rings. The summed E-state index contributed by atoms with van der Waals surface area (Å²) in [6, 6.07) is 12.9. The second-order valence-electron chi connectivity index (χ2n) is 8.04. The third kappa shape index (κ3) is 7.41. The van der Waals surface area contributed by atoms with Gasteiger partial charge in [-0.3, -0.25) is 9.59 Å². The highest BCUT2D eigenvalue weighted by atomic mass is 79.9. The molecule has 0 heterocycles. The number of nitrogens with one attached hydrogen (secondary N) is 1. The molecule has 8 heteroatoms. The Morgan fingerprint density at radius 2 is 1.84 bits per heavy atom. The van der Waals surface area contributed by atoms with Gasteiger partial charge in [-0.25, -0.2) is 0 Å². The molecule has 0 radical (unpaired) electrons. The minimum atomic E-state index is -0.594. The number of benzene rings is 2. The number of carbonyl (C=O) groups is 2. The highest BCUT2D eigenvalue weighted by molar-refractivity contribution is 9.10. The van der Waals surface area contributed by atoms with Crippen molar-refractivity contribution in [1.82, 2.24) is 10.2 Å². The minimum Gasteiger partial charge on any atom is -0.352 e. The van der Waals surface area contributed by atoms with E-state index in [1.165, 1.54) is 11.8 Å². The summed E-state index contributed by atoms with van der Waals surface area (Å²) in [6.45, 7) is 2.04. The van der Waals surface area contributed by atoms with Crippen LogP contribution in [0.4, 0.5) is 0 Å².